The molecule has 10 atom stereocenters. The van der Waals surface area contributed by atoms with Crippen LogP contribution < -0.4 is 0 Å². The standard InChI is InChI=1S/C98H156O42/c1-3-69(90(121)132-50-27-5-16-38-79(101)102)60-71(92(123)134-52-29-7-18-40-81(105)106)62-73(94(125)136-54-31-9-20-42-83(109)110)64-75(96(127)138-56-33-11-22-44-85(113)114)66-77(98(129)140-58-35-13-24-46-87(117)118)67-76(97(128)139-57-34-12-23-45-86(115)116)65-74(95(126)137-55-32-10-21-43-84(111)112)63-72(93(124)135-53-30-8-19-41-82(107)108)61-70(91(122)133-51-28-6-17-39-80(103)104)59-68(2)89(120)131-49-36-14-25-47-88(119)130-48-26-4-15-37-78(99)100/h68-77H,3-67H2,1-2H3,(H,99,100)(H,101,102)(H,103,104)(H,105,106)(H,107,108)(H,109,110)(H,111,112)(H,113,114)(H,115,116)(H,117,118). The predicted molar refractivity (Wildman–Crippen MR) is 492 cm³/mol. The summed E-state index contributed by atoms with van der Waals surface area (Å²) in [5, 5.41) is 93.6. The van der Waals surface area contributed by atoms with Crippen LogP contribution in [0.3, 0.4) is 0 Å². The summed E-state index contributed by atoms with van der Waals surface area (Å²) in [6.07, 6.45) is -1.68. The van der Waals surface area contributed by atoms with Crippen LogP contribution in [0.2, 0.25) is 0 Å². The smallest absolute Gasteiger partial charge is 0.308 e. The molecule has 0 aliphatic carbocycles. The first-order valence-corrected chi connectivity index (χ1v) is 49.8. The number of carboxylic acid groups (broad SMARTS) is 10. The van der Waals surface area contributed by atoms with Gasteiger partial charge in [0.15, 0.2) is 0 Å². The number of unbranched alkanes of at least 4 members (excludes halogenated alkanes) is 22. The first-order valence-electron chi connectivity index (χ1n) is 49.8. The molecule has 140 heavy (non-hydrogen) atoms. The van der Waals surface area contributed by atoms with Crippen molar-refractivity contribution in [3.05, 3.63) is 0 Å². The Morgan fingerprint density at radius 3 is 0.443 bits per heavy atom. The minimum absolute atomic E-state index is 0.0140. The minimum Gasteiger partial charge on any atom is -0.481 e. The maximum Gasteiger partial charge on any atom is 0.308 e. The Balaban J connectivity index is 9.44. The third-order valence-corrected chi connectivity index (χ3v) is 23.2. The second-order valence-electron chi connectivity index (χ2n) is 35.5. The van der Waals surface area contributed by atoms with Crippen molar-refractivity contribution in [3.63, 3.8) is 0 Å². The molecule has 0 amide bonds. The second kappa shape index (κ2) is 82.6. The molecule has 42 heteroatoms. The summed E-state index contributed by atoms with van der Waals surface area (Å²) in [4.78, 5) is 277. The first-order chi connectivity index (χ1) is 66.8. The Morgan fingerprint density at radius 1 is 0.157 bits per heavy atom. The molecule has 0 aliphatic rings. The third-order valence-electron chi connectivity index (χ3n) is 23.2. The molecular weight excluding hydrogens is 1850 g/mol. The van der Waals surface area contributed by atoms with E-state index < -0.39 is 269 Å². The lowest BCUT2D eigenvalue weighted by Gasteiger charge is -2.30. The number of hydrogen-bond acceptors (Lipinski definition) is 32. The third kappa shape index (κ3) is 73.1. The van der Waals surface area contributed by atoms with E-state index in [1.54, 1.807) is 6.92 Å². The molecular formula is C98H156O42. The van der Waals surface area contributed by atoms with Gasteiger partial charge in [0, 0.05) is 70.6 Å². The van der Waals surface area contributed by atoms with Gasteiger partial charge in [0.25, 0.3) is 0 Å². The molecule has 0 aromatic carbocycles. The van der Waals surface area contributed by atoms with E-state index in [0.29, 0.717) is 38.5 Å². The quantitative estimate of drug-likeness (QED) is 0.0154. The number of esters is 11. The summed E-state index contributed by atoms with van der Waals surface area (Å²) in [5.41, 5.74) is 0. The largest absolute Gasteiger partial charge is 0.481 e. The minimum atomic E-state index is -1.80. The van der Waals surface area contributed by atoms with Crippen LogP contribution in [0.15, 0.2) is 0 Å². The maximum absolute atomic E-state index is 15.6. The van der Waals surface area contributed by atoms with Gasteiger partial charge in [0.2, 0.25) is 0 Å². The van der Waals surface area contributed by atoms with Crippen LogP contribution in [0, 0.1) is 59.2 Å². The van der Waals surface area contributed by atoms with Crippen LogP contribution in [0.25, 0.3) is 0 Å². The fraction of sp³-hybridized carbons (Fsp3) is 0.786. The average molecular weight is 2010 g/mol. The van der Waals surface area contributed by atoms with Crippen LogP contribution in [0.5, 0.6) is 0 Å². The molecule has 10 N–H and O–H groups in total. The van der Waals surface area contributed by atoms with Gasteiger partial charge in [-0.25, -0.2) is 0 Å². The number of carbonyl (C=O) groups excluding carboxylic acids is 11. The molecule has 42 nitrogen and oxygen atoms in total. The van der Waals surface area contributed by atoms with Crippen LogP contribution in [0.4, 0.5) is 0 Å². The van der Waals surface area contributed by atoms with Crippen molar-refractivity contribution in [1.82, 2.24) is 0 Å². The summed E-state index contributed by atoms with van der Waals surface area (Å²) in [6, 6.07) is 0. The molecule has 0 radical (unpaired) electrons. The van der Waals surface area contributed by atoms with Gasteiger partial charge in [-0.3, -0.25) is 101 Å². The fourth-order valence-electron chi connectivity index (χ4n) is 15.3. The van der Waals surface area contributed by atoms with Crippen molar-refractivity contribution < 1.29 is 204 Å². The van der Waals surface area contributed by atoms with Gasteiger partial charge in [0.1, 0.15) is 0 Å². The topological polar surface area (TPSA) is 662 Å². The van der Waals surface area contributed by atoms with E-state index >= 15 is 28.8 Å². The molecule has 0 aromatic rings. The highest BCUT2D eigenvalue weighted by Gasteiger charge is 2.43. The van der Waals surface area contributed by atoms with Gasteiger partial charge in [0.05, 0.1) is 132 Å². The zero-order chi connectivity index (χ0) is 105. The molecule has 800 valence electrons. The highest BCUT2D eigenvalue weighted by Crippen LogP contribution is 2.38. The van der Waals surface area contributed by atoms with Crippen LogP contribution in [0.1, 0.15) is 361 Å². The van der Waals surface area contributed by atoms with Crippen molar-refractivity contribution in [2.45, 2.75) is 361 Å². The molecule has 0 spiro atoms. The number of rotatable bonds is 95. The van der Waals surface area contributed by atoms with Gasteiger partial charge in [-0.15, -0.1) is 0 Å². The molecule has 0 aliphatic heterocycles. The van der Waals surface area contributed by atoms with Gasteiger partial charge in [-0.05, 0) is 276 Å². The van der Waals surface area contributed by atoms with E-state index in [1.807, 2.05) is 0 Å². The van der Waals surface area contributed by atoms with E-state index in [-0.39, 0.29) is 297 Å². The molecule has 10 unspecified atom stereocenters. The Kier molecular flexibility index (Phi) is 76.0. The van der Waals surface area contributed by atoms with Gasteiger partial charge < -0.3 is 103 Å². The van der Waals surface area contributed by atoms with Gasteiger partial charge in [-0.2, -0.15) is 0 Å². The molecule has 0 saturated carbocycles. The van der Waals surface area contributed by atoms with Crippen LogP contribution >= 0.6 is 0 Å². The monoisotopic (exact) mass is 2010 g/mol. The Labute approximate surface area is 818 Å². The summed E-state index contributed by atoms with van der Waals surface area (Å²) >= 11 is 0. The summed E-state index contributed by atoms with van der Waals surface area (Å²) in [6.45, 7) is -0.306. The zero-order valence-electron chi connectivity index (χ0n) is 81.8. The van der Waals surface area contributed by atoms with E-state index in [9.17, 15) is 118 Å². The summed E-state index contributed by atoms with van der Waals surface area (Å²) in [7, 11) is 0. The second-order valence-corrected chi connectivity index (χ2v) is 35.5. The van der Waals surface area contributed by atoms with E-state index in [2.05, 4.69) is 0 Å². The normalized spacial score (nSPS) is 13.2. The van der Waals surface area contributed by atoms with Gasteiger partial charge >= 0.3 is 125 Å². The van der Waals surface area contributed by atoms with Crippen molar-refractivity contribution in [3.8, 4) is 0 Å². The van der Waals surface area contributed by atoms with Crippen molar-refractivity contribution in [2.24, 2.45) is 59.2 Å². The Hall–Kier alpha value is -11.1. The lowest BCUT2D eigenvalue weighted by molar-refractivity contribution is -0.159. The SMILES string of the molecule is CCC(CC(CC(CC(CC(CC(CC(CC(CC(CC(C)C(=O)OCCCCCC(=O)OCCCCCC(=O)O)C(=O)OCCCCCC(=O)O)C(=O)OCCCCCC(=O)O)C(=O)OCCCCCC(=O)O)C(=O)OCCCCCC(=O)O)C(=O)OCCCCCC(=O)O)C(=O)OCCCCCC(=O)O)C(=O)OCCCCCC(=O)O)C(=O)OCCCCCC(=O)O)C(=O)OCCCCCC(=O)O. The lowest BCUT2D eigenvalue weighted by atomic mass is 9.76. The Morgan fingerprint density at radius 2 is 0.286 bits per heavy atom. The lowest BCUT2D eigenvalue weighted by Crippen LogP contribution is -2.36. The first kappa shape index (κ1) is 129. The van der Waals surface area contributed by atoms with Gasteiger partial charge in [-0.1, -0.05) is 13.8 Å². The van der Waals surface area contributed by atoms with E-state index in [4.69, 9.17) is 57.2 Å². The van der Waals surface area contributed by atoms with Crippen LogP contribution in [-0.4, -0.2) is 249 Å². The summed E-state index contributed by atoms with van der Waals surface area (Å²) in [5.74, 6) is -37.5. The number of carboxylic acids is 10. The average Bonchev–Trinajstić information content (AvgIpc) is 0.844. The number of carbonyl (C=O) groups is 21. The van der Waals surface area contributed by atoms with E-state index in [0.717, 1.165) is 0 Å². The molecule has 0 rings (SSSR count). The predicted octanol–water partition coefficient (Wildman–Crippen LogP) is 14.1. The van der Waals surface area contributed by atoms with E-state index in [1.165, 1.54) is 6.92 Å². The maximum atomic E-state index is 15.6. The molecule has 0 aromatic heterocycles. The highest BCUT2D eigenvalue weighted by molar-refractivity contribution is 5.83. The Bertz CT molecular complexity index is 3690. The van der Waals surface area contributed by atoms with Crippen molar-refractivity contribution >= 4 is 125 Å². The fourth-order valence-corrected chi connectivity index (χ4v) is 15.3. The number of hydrogen-bond donors (Lipinski definition) is 10. The van der Waals surface area contributed by atoms with Crippen LogP contribution in [-0.2, 0) is 153 Å². The zero-order valence-corrected chi connectivity index (χ0v) is 81.8. The molecule has 0 bridgehead atoms. The summed E-state index contributed by atoms with van der Waals surface area (Å²) < 4.78 is 63.8. The van der Waals surface area contributed by atoms with Crippen molar-refractivity contribution in [1.29, 1.82) is 0 Å². The number of ether oxygens (including phenoxy) is 11. The molecule has 0 heterocycles. The molecule has 0 fully saturated rings. The number of aliphatic carboxylic acids is 10. The molecule has 0 saturated heterocycles. The van der Waals surface area contributed by atoms with Crippen molar-refractivity contribution in [2.75, 3.05) is 72.7 Å². The highest BCUT2D eigenvalue weighted by atomic mass is 16.6.